The predicted molar refractivity (Wildman–Crippen MR) is 99.2 cm³/mol. The van der Waals surface area contributed by atoms with Gasteiger partial charge in [-0.25, -0.2) is 0 Å². The number of hydrogen-bond acceptors (Lipinski definition) is 0. The molecule has 118 valence electrons. The van der Waals surface area contributed by atoms with Gasteiger partial charge in [-0.05, 0) is 28.5 Å². The number of quaternary nitrogens is 1. The number of aromatic amines is 1. The Labute approximate surface area is 141 Å². The lowest BCUT2D eigenvalue weighted by molar-refractivity contribution is -0.929. The third-order valence-electron chi connectivity index (χ3n) is 5.33. The zero-order valence-corrected chi connectivity index (χ0v) is 13.7. The molecule has 0 saturated heterocycles. The molecule has 0 amide bonds. The largest absolute Gasteiger partial charge is 0.354 e. The quantitative estimate of drug-likeness (QED) is 0.565. The van der Waals surface area contributed by atoms with Crippen LogP contribution in [0.2, 0.25) is 0 Å². The lowest BCUT2D eigenvalue weighted by atomic mass is 10.0. The Kier molecular flexibility index (Phi) is 3.17. The Hall–Kier alpha value is -2.58. The minimum atomic E-state index is 1.09. The van der Waals surface area contributed by atoms with Crippen molar-refractivity contribution in [1.82, 2.24) is 4.98 Å². The first-order valence-corrected chi connectivity index (χ1v) is 8.76. The summed E-state index contributed by atoms with van der Waals surface area (Å²) in [6.07, 6.45) is 1.17. The third kappa shape index (κ3) is 2.31. The zero-order valence-electron chi connectivity index (χ0n) is 13.7. The van der Waals surface area contributed by atoms with Crippen LogP contribution in [0.4, 0.5) is 0 Å². The van der Waals surface area contributed by atoms with Gasteiger partial charge in [-0.3, -0.25) is 0 Å². The van der Waals surface area contributed by atoms with Crippen molar-refractivity contribution < 1.29 is 4.90 Å². The maximum absolute atomic E-state index is 3.64. The van der Waals surface area contributed by atoms with E-state index < -0.39 is 0 Å². The molecule has 4 aromatic rings. The van der Waals surface area contributed by atoms with Gasteiger partial charge in [0.05, 0.1) is 12.2 Å². The molecule has 0 saturated carbocycles. The smallest absolute Gasteiger partial charge is 0.118 e. The highest BCUT2D eigenvalue weighted by Crippen LogP contribution is 2.23. The van der Waals surface area contributed by atoms with Crippen LogP contribution in [-0.2, 0) is 19.5 Å². The van der Waals surface area contributed by atoms with Crippen molar-refractivity contribution in [3.63, 3.8) is 0 Å². The second-order valence-corrected chi connectivity index (χ2v) is 6.91. The molecule has 2 heterocycles. The van der Waals surface area contributed by atoms with Crippen LogP contribution in [0.3, 0.4) is 0 Å². The molecule has 0 spiro atoms. The van der Waals surface area contributed by atoms with Gasteiger partial charge in [-0.1, -0.05) is 54.6 Å². The standard InChI is InChI=1S/C22H20N2/c1-2-6-18-13-16(9-10-17(18)5-1)14-24-12-11-20-19-7-3-4-8-21(19)23-22(20)15-24/h1-10,13,23H,11-12,14-15H2/p+1. The average Bonchev–Trinajstić information content (AvgIpc) is 2.99. The van der Waals surface area contributed by atoms with E-state index in [4.69, 9.17) is 0 Å². The molecule has 2 N–H and O–H groups in total. The van der Waals surface area contributed by atoms with Gasteiger partial charge >= 0.3 is 0 Å². The van der Waals surface area contributed by atoms with Gasteiger partial charge in [0.15, 0.2) is 0 Å². The highest BCUT2D eigenvalue weighted by Gasteiger charge is 2.23. The molecule has 0 bridgehead atoms. The third-order valence-corrected chi connectivity index (χ3v) is 5.33. The summed E-state index contributed by atoms with van der Waals surface area (Å²) in [5, 5.41) is 4.09. The predicted octanol–water partition coefficient (Wildman–Crippen LogP) is 3.46. The van der Waals surface area contributed by atoms with Crippen LogP contribution < -0.4 is 4.90 Å². The van der Waals surface area contributed by atoms with Crippen LogP contribution in [0.5, 0.6) is 0 Å². The number of H-pyrrole nitrogens is 1. The summed E-state index contributed by atoms with van der Waals surface area (Å²) < 4.78 is 0. The number of hydrogen-bond donors (Lipinski definition) is 2. The van der Waals surface area contributed by atoms with Gasteiger partial charge < -0.3 is 9.88 Å². The molecule has 2 nitrogen and oxygen atoms in total. The highest BCUT2D eigenvalue weighted by molar-refractivity contribution is 5.85. The number of nitrogens with one attached hydrogen (secondary N) is 2. The van der Waals surface area contributed by atoms with Gasteiger partial charge in [0.2, 0.25) is 0 Å². The molecule has 0 radical (unpaired) electrons. The van der Waals surface area contributed by atoms with Gasteiger partial charge in [-0.15, -0.1) is 0 Å². The first-order valence-electron chi connectivity index (χ1n) is 8.76. The Balaban J connectivity index is 1.42. The lowest BCUT2D eigenvalue weighted by Gasteiger charge is -2.24. The van der Waals surface area contributed by atoms with Gasteiger partial charge in [0, 0.05) is 22.9 Å². The topological polar surface area (TPSA) is 20.2 Å². The zero-order chi connectivity index (χ0) is 15.9. The lowest BCUT2D eigenvalue weighted by Crippen LogP contribution is -3.10. The van der Waals surface area contributed by atoms with Crippen molar-refractivity contribution in [3.05, 3.63) is 83.6 Å². The van der Waals surface area contributed by atoms with E-state index in [1.165, 1.54) is 51.5 Å². The summed E-state index contributed by atoms with van der Waals surface area (Å²) in [6.45, 7) is 3.40. The van der Waals surface area contributed by atoms with Crippen LogP contribution >= 0.6 is 0 Å². The Morgan fingerprint density at radius 3 is 2.67 bits per heavy atom. The summed E-state index contributed by atoms with van der Waals surface area (Å²) >= 11 is 0. The Bertz CT molecular complexity index is 1030. The van der Waals surface area contributed by atoms with Crippen molar-refractivity contribution in [2.75, 3.05) is 6.54 Å². The van der Waals surface area contributed by atoms with Crippen molar-refractivity contribution in [2.45, 2.75) is 19.5 Å². The number of para-hydroxylation sites is 1. The van der Waals surface area contributed by atoms with Gasteiger partial charge in [0.1, 0.15) is 13.1 Å². The first-order chi connectivity index (χ1) is 11.9. The van der Waals surface area contributed by atoms with E-state index in [0.29, 0.717) is 0 Å². The highest BCUT2D eigenvalue weighted by atomic mass is 15.1. The SMILES string of the molecule is c1ccc2cc(C[NH+]3CCc4c([nH]c5ccccc45)C3)ccc2c1. The number of aromatic nitrogens is 1. The fraction of sp³-hybridized carbons (Fsp3) is 0.182. The summed E-state index contributed by atoms with van der Waals surface area (Å²) in [5.74, 6) is 0. The molecule has 3 aromatic carbocycles. The molecule has 1 aromatic heterocycles. The fourth-order valence-electron chi connectivity index (χ4n) is 4.12. The Morgan fingerprint density at radius 1 is 0.875 bits per heavy atom. The second kappa shape index (κ2) is 5.50. The molecule has 0 fully saturated rings. The molecule has 1 unspecified atom stereocenters. The number of rotatable bonds is 2. The summed E-state index contributed by atoms with van der Waals surface area (Å²) in [5.41, 5.74) is 5.68. The van der Waals surface area contributed by atoms with Gasteiger partial charge in [0.25, 0.3) is 0 Å². The van der Waals surface area contributed by atoms with Crippen LogP contribution in [0.1, 0.15) is 16.8 Å². The molecular formula is C22H21N2+. The normalized spacial score (nSPS) is 17.2. The van der Waals surface area contributed by atoms with Crippen LogP contribution in [0.15, 0.2) is 66.7 Å². The van der Waals surface area contributed by atoms with E-state index in [9.17, 15) is 0 Å². The van der Waals surface area contributed by atoms with Crippen molar-refractivity contribution in [3.8, 4) is 0 Å². The first kappa shape index (κ1) is 13.8. The van der Waals surface area contributed by atoms with Crippen molar-refractivity contribution in [1.29, 1.82) is 0 Å². The van der Waals surface area contributed by atoms with E-state index in [-0.39, 0.29) is 0 Å². The Morgan fingerprint density at radius 2 is 1.71 bits per heavy atom. The van der Waals surface area contributed by atoms with E-state index in [1.807, 2.05) is 0 Å². The molecule has 2 heteroatoms. The van der Waals surface area contributed by atoms with Crippen molar-refractivity contribution >= 4 is 21.7 Å². The summed E-state index contributed by atoms with van der Waals surface area (Å²) in [6, 6.07) is 24.2. The van der Waals surface area contributed by atoms with Crippen LogP contribution in [0, 0.1) is 0 Å². The minimum Gasteiger partial charge on any atom is -0.354 e. The van der Waals surface area contributed by atoms with E-state index in [2.05, 4.69) is 71.7 Å². The number of fused-ring (bicyclic) bond motifs is 4. The second-order valence-electron chi connectivity index (χ2n) is 6.91. The molecule has 5 rings (SSSR count). The summed E-state index contributed by atoms with van der Waals surface area (Å²) in [7, 11) is 0. The molecule has 1 atom stereocenters. The number of benzene rings is 3. The monoisotopic (exact) mass is 313 g/mol. The summed E-state index contributed by atoms with van der Waals surface area (Å²) in [4.78, 5) is 5.28. The molecular weight excluding hydrogens is 292 g/mol. The van der Waals surface area contributed by atoms with Crippen LogP contribution in [0.25, 0.3) is 21.7 Å². The van der Waals surface area contributed by atoms with E-state index in [1.54, 1.807) is 4.90 Å². The molecule has 0 aliphatic carbocycles. The maximum Gasteiger partial charge on any atom is 0.118 e. The molecule has 24 heavy (non-hydrogen) atoms. The van der Waals surface area contributed by atoms with E-state index in [0.717, 1.165) is 13.1 Å². The van der Waals surface area contributed by atoms with Crippen molar-refractivity contribution in [2.24, 2.45) is 0 Å². The molecule has 1 aliphatic heterocycles. The molecule has 1 aliphatic rings. The maximum atomic E-state index is 3.64. The average molecular weight is 313 g/mol. The van der Waals surface area contributed by atoms with E-state index >= 15 is 0 Å². The van der Waals surface area contributed by atoms with Crippen LogP contribution in [-0.4, -0.2) is 11.5 Å². The fourth-order valence-corrected chi connectivity index (χ4v) is 4.12. The minimum absolute atomic E-state index is 1.09. The van der Waals surface area contributed by atoms with Gasteiger partial charge in [-0.2, -0.15) is 0 Å².